The monoisotopic (exact) mass is 279 g/mol. The molecular formula is C17H33N3. The molecule has 3 rings (SSSR count). The Kier molecular flexibility index (Phi) is 5.36. The first kappa shape index (κ1) is 14.8. The van der Waals surface area contributed by atoms with E-state index in [1.54, 1.807) is 0 Å². The van der Waals surface area contributed by atoms with Crippen molar-refractivity contribution in [3.8, 4) is 0 Å². The molecule has 0 aromatic carbocycles. The van der Waals surface area contributed by atoms with E-state index in [1.807, 2.05) is 0 Å². The van der Waals surface area contributed by atoms with Crippen molar-refractivity contribution >= 4 is 0 Å². The van der Waals surface area contributed by atoms with Gasteiger partial charge in [0.1, 0.15) is 0 Å². The molecule has 0 aromatic heterocycles. The number of likely N-dealkylation sites (tertiary alicyclic amines) is 1. The van der Waals surface area contributed by atoms with Crippen LogP contribution in [-0.4, -0.2) is 50.2 Å². The van der Waals surface area contributed by atoms with Crippen molar-refractivity contribution in [1.29, 1.82) is 0 Å². The summed E-state index contributed by atoms with van der Waals surface area (Å²) in [4.78, 5) is 2.47. The highest BCUT2D eigenvalue weighted by atomic mass is 15.1. The van der Waals surface area contributed by atoms with E-state index in [1.165, 1.54) is 77.5 Å². The maximum absolute atomic E-state index is 3.96. The molecule has 1 aliphatic carbocycles. The molecule has 3 unspecified atom stereocenters. The van der Waals surface area contributed by atoms with Crippen molar-refractivity contribution in [2.24, 2.45) is 11.8 Å². The summed E-state index contributed by atoms with van der Waals surface area (Å²) in [6.07, 6.45) is 11.3. The third-order valence-corrected chi connectivity index (χ3v) is 5.94. The minimum absolute atomic E-state index is 0.797. The lowest BCUT2D eigenvalue weighted by Crippen LogP contribution is -2.48. The van der Waals surface area contributed by atoms with Gasteiger partial charge in [0, 0.05) is 12.1 Å². The van der Waals surface area contributed by atoms with Crippen LogP contribution in [0.5, 0.6) is 0 Å². The lowest BCUT2D eigenvalue weighted by atomic mass is 9.88. The maximum atomic E-state index is 3.96. The van der Waals surface area contributed by atoms with Gasteiger partial charge in [0.2, 0.25) is 0 Å². The second-order valence-corrected chi connectivity index (χ2v) is 7.41. The summed E-state index contributed by atoms with van der Waals surface area (Å²) in [5, 5.41) is 7.74. The van der Waals surface area contributed by atoms with Gasteiger partial charge in [-0.1, -0.05) is 12.8 Å². The molecule has 1 saturated carbocycles. The van der Waals surface area contributed by atoms with Crippen LogP contribution in [0.4, 0.5) is 0 Å². The number of nitrogens with zero attached hydrogens (tertiary/aromatic N) is 1. The summed E-state index contributed by atoms with van der Waals surface area (Å²) in [6.45, 7) is 5.11. The van der Waals surface area contributed by atoms with Crippen molar-refractivity contribution in [3.05, 3.63) is 0 Å². The average Bonchev–Trinajstić information content (AvgIpc) is 2.96. The molecule has 2 N–H and O–H groups in total. The van der Waals surface area contributed by atoms with E-state index >= 15 is 0 Å². The van der Waals surface area contributed by atoms with Crippen molar-refractivity contribution in [3.63, 3.8) is 0 Å². The van der Waals surface area contributed by atoms with Crippen LogP contribution in [0.15, 0.2) is 0 Å². The van der Waals surface area contributed by atoms with Crippen LogP contribution in [0, 0.1) is 11.8 Å². The topological polar surface area (TPSA) is 27.3 Å². The van der Waals surface area contributed by atoms with Gasteiger partial charge in [0.05, 0.1) is 0 Å². The van der Waals surface area contributed by atoms with E-state index in [0.29, 0.717) is 0 Å². The molecule has 3 aliphatic rings. The number of rotatable bonds is 4. The van der Waals surface area contributed by atoms with E-state index in [-0.39, 0.29) is 0 Å². The number of nitrogens with one attached hydrogen (secondary N) is 2. The number of hydrogen-bond acceptors (Lipinski definition) is 3. The van der Waals surface area contributed by atoms with Gasteiger partial charge in [-0.2, -0.15) is 0 Å². The lowest BCUT2D eigenvalue weighted by molar-refractivity contribution is 0.201. The fraction of sp³-hybridized carbons (Fsp3) is 1.00. The third kappa shape index (κ3) is 3.75. The molecule has 20 heavy (non-hydrogen) atoms. The standard InChI is InChI=1S/C17H33N3/c1-20-11-8-14(9-12-20)13-19-17-7-4-5-15(17)16-6-2-3-10-18-16/h14-19H,2-13H2,1H3. The summed E-state index contributed by atoms with van der Waals surface area (Å²) >= 11 is 0. The maximum Gasteiger partial charge on any atom is 0.0110 e. The Balaban J connectivity index is 1.44. The number of hydrogen-bond donors (Lipinski definition) is 2. The van der Waals surface area contributed by atoms with Crippen LogP contribution >= 0.6 is 0 Å². The van der Waals surface area contributed by atoms with Crippen molar-refractivity contribution in [2.45, 2.75) is 63.5 Å². The van der Waals surface area contributed by atoms with Crippen molar-refractivity contribution in [1.82, 2.24) is 15.5 Å². The SMILES string of the molecule is CN1CCC(CNC2CCCC2C2CCCCN2)CC1. The molecule has 0 amide bonds. The molecule has 3 fully saturated rings. The predicted molar refractivity (Wildman–Crippen MR) is 85.0 cm³/mol. The van der Waals surface area contributed by atoms with Gasteiger partial charge in [0.25, 0.3) is 0 Å². The number of piperidine rings is 2. The Bertz CT molecular complexity index is 280. The summed E-state index contributed by atoms with van der Waals surface area (Å²) in [5.74, 6) is 1.83. The molecule has 0 aromatic rings. The Morgan fingerprint density at radius 3 is 2.60 bits per heavy atom. The van der Waals surface area contributed by atoms with E-state index in [4.69, 9.17) is 0 Å². The average molecular weight is 279 g/mol. The van der Waals surface area contributed by atoms with Crippen molar-refractivity contribution in [2.75, 3.05) is 33.2 Å². The van der Waals surface area contributed by atoms with Crippen LogP contribution in [0.25, 0.3) is 0 Å². The third-order valence-electron chi connectivity index (χ3n) is 5.94. The molecular weight excluding hydrogens is 246 g/mol. The second-order valence-electron chi connectivity index (χ2n) is 7.41. The Morgan fingerprint density at radius 1 is 1.00 bits per heavy atom. The largest absolute Gasteiger partial charge is 0.314 e. The smallest absolute Gasteiger partial charge is 0.0110 e. The Morgan fingerprint density at radius 2 is 1.85 bits per heavy atom. The highest BCUT2D eigenvalue weighted by Gasteiger charge is 2.34. The molecule has 3 atom stereocenters. The van der Waals surface area contributed by atoms with Crippen LogP contribution in [0.3, 0.4) is 0 Å². The first-order valence-electron chi connectivity index (χ1n) is 8.98. The van der Waals surface area contributed by atoms with Crippen LogP contribution in [-0.2, 0) is 0 Å². The van der Waals surface area contributed by atoms with Crippen LogP contribution in [0.1, 0.15) is 51.4 Å². The van der Waals surface area contributed by atoms with E-state index in [0.717, 1.165) is 23.9 Å². The molecule has 3 heteroatoms. The van der Waals surface area contributed by atoms with E-state index < -0.39 is 0 Å². The Hall–Kier alpha value is -0.120. The van der Waals surface area contributed by atoms with Crippen LogP contribution < -0.4 is 10.6 Å². The molecule has 0 spiro atoms. The van der Waals surface area contributed by atoms with Crippen LogP contribution in [0.2, 0.25) is 0 Å². The molecule has 116 valence electrons. The quantitative estimate of drug-likeness (QED) is 0.826. The van der Waals surface area contributed by atoms with Gasteiger partial charge in [0.15, 0.2) is 0 Å². The van der Waals surface area contributed by atoms with Crippen molar-refractivity contribution < 1.29 is 0 Å². The minimum Gasteiger partial charge on any atom is -0.314 e. The summed E-state index contributed by atoms with van der Waals surface area (Å²) in [5.41, 5.74) is 0. The molecule has 2 saturated heterocycles. The molecule has 0 radical (unpaired) electrons. The predicted octanol–water partition coefficient (Wildman–Crippen LogP) is 2.23. The first-order chi connectivity index (χ1) is 9.83. The van der Waals surface area contributed by atoms with Gasteiger partial charge < -0.3 is 15.5 Å². The summed E-state index contributed by atoms with van der Waals surface area (Å²) in [6, 6.07) is 1.60. The second kappa shape index (κ2) is 7.24. The molecule has 3 nitrogen and oxygen atoms in total. The normalized spacial score (nSPS) is 37.4. The Labute approximate surface area is 124 Å². The molecule has 2 aliphatic heterocycles. The van der Waals surface area contributed by atoms with Gasteiger partial charge in [-0.25, -0.2) is 0 Å². The van der Waals surface area contributed by atoms with Gasteiger partial charge in [-0.05, 0) is 83.6 Å². The zero-order chi connectivity index (χ0) is 13.8. The summed E-state index contributed by atoms with van der Waals surface area (Å²) < 4.78 is 0. The highest BCUT2D eigenvalue weighted by molar-refractivity contribution is 4.92. The minimum atomic E-state index is 0.797. The fourth-order valence-electron chi connectivity index (χ4n) is 4.55. The molecule has 2 heterocycles. The van der Waals surface area contributed by atoms with Gasteiger partial charge in [-0.3, -0.25) is 0 Å². The highest BCUT2D eigenvalue weighted by Crippen LogP contribution is 2.32. The fourth-order valence-corrected chi connectivity index (χ4v) is 4.55. The molecule has 0 bridgehead atoms. The zero-order valence-corrected chi connectivity index (χ0v) is 13.2. The van der Waals surface area contributed by atoms with E-state index in [2.05, 4.69) is 22.6 Å². The van der Waals surface area contributed by atoms with Gasteiger partial charge in [-0.15, -0.1) is 0 Å². The lowest BCUT2D eigenvalue weighted by Gasteiger charge is -2.35. The zero-order valence-electron chi connectivity index (χ0n) is 13.2. The van der Waals surface area contributed by atoms with E-state index in [9.17, 15) is 0 Å². The van der Waals surface area contributed by atoms with Gasteiger partial charge >= 0.3 is 0 Å². The summed E-state index contributed by atoms with van der Waals surface area (Å²) in [7, 11) is 2.26. The first-order valence-corrected chi connectivity index (χ1v) is 8.98.